The highest BCUT2D eigenvalue weighted by Crippen LogP contribution is 2.29. The molecule has 1 aliphatic heterocycles. The number of ether oxygens (including phenoxy) is 1. The van der Waals surface area contributed by atoms with Crippen LogP contribution in [0.15, 0.2) is 28.8 Å². The van der Waals surface area contributed by atoms with Crippen molar-refractivity contribution in [2.75, 3.05) is 13.2 Å². The Kier molecular flexibility index (Phi) is 2.56. The van der Waals surface area contributed by atoms with Crippen LogP contribution in [0.3, 0.4) is 0 Å². The number of hydrogen-bond donors (Lipinski definition) is 0. The predicted molar refractivity (Wildman–Crippen MR) is 72.2 cm³/mol. The van der Waals surface area contributed by atoms with Gasteiger partial charge in [-0.1, -0.05) is 23.4 Å². The van der Waals surface area contributed by atoms with Gasteiger partial charge in [-0.25, -0.2) is 0 Å². The van der Waals surface area contributed by atoms with Crippen LogP contribution in [0.1, 0.15) is 18.2 Å². The Morgan fingerprint density at radius 1 is 1.30 bits per heavy atom. The molecule has 1 aliphatic rings. The van der Waals surface area contributed by atoms with Crippen molar-refractivity contribution < 1.29 is 9.26 Å². The third kappa shape index (κ3) is 1.72. The number of benzene rings is 1. The summed E-state index contributed by atoms with van der Waals surface area (Å²) in [7, 11) is 1.91. The molecule has 0 bridgehead atoms. The first kappa shape index (κ1) is 11.6. The zero-order valence-electron chi connectivity index (χ0n) is 11.1. The minimum absolute atomic E-state index is 0.238. The van der Waals surface area contributed by atoms with Crippen molar-refractivity contribution in [2.24, 2.45) is 7.05 Å². The van der Waals surface area contributed by atoms with Gasteiger partial charge in [0, 0.05) is 25.0 Å². The van der Waals surface area contributed by atoms with Crippen molar-refractivity contribution in [3.05, 3.63) is 30.1 Å². The lowest BCUT2D eigenvalue weighted by molar-refractivity contribution is 0.192. The summed E-state index contributed by atoms with van der Waals surface area (Å²) in [6.45, 7) is 1.43. The fraction of sp³-hybridized carbons (Fsp3) is 0.357. The monoisotopic (exact) mass is 270 g/mol. The number of hydrogen-bond acceptors (Lipinski definition) is 5. The van der Waals surface area contributed by atoms with Crippen LogP contribution in [0, 0.1) is 0 Å². The molecule has 0 aliphatic carbocycles. The first-order chi connectivity index (χ1) is 9.83. The molecular weight excluding hydrogens is 256 g/mol. The topological polar surface area (TPSA) is 66.0 Å². The summed E-state index contributed by atoms with van der Waals surface area (Å²) in [6.07, 6.45) is 0.946. The maximum absolute atomic E-state index is 5.39. The quantitative estimate of drug-likeness (QED) is 0.713. The van der Waals surface area contributed by atoms with E-state index in [0.29, 0.717) is 18.3 Å². The van der Waals surface area contributed by atoms with Crippen LogP contribution < -0.4 is 0 Å². The number of para-hydroxylation sites is 1. The molecule has 1 aromatic carbocycles. The highest BCUT2D eigenvalue weighted by Gasteiger charge is 2.24. The fourth-order valence-electron chi connectivity index (χ4n) is 2.61. The number of aryl methyl sites for hydroxylation is 1. The molecule has 1 atom stereocenters. The van der Waals surface area contributed by atoms with Crippen molar-refractivity contribution in [1.82, 2.24) is 19.9 Å². The number of fused-ring (bicyclic) bond motifs is 1. The van der Waals surface area contributed by atoms with E-state index in [0.717, 1.165) is 29.6 Å². The van der Waals surface area contributed by atoms with Crippen LogP contribution >= 0.6 is 0 Å². The van der Waals surface area contributed by atoms with Gasteiger partial charge in [-0.15, -0.1) is 0 Å². The average molecular weight is 270 g/mol. The molecule has 20 heavy (non-hydrogen) atoms. The third-order valence-corrected chi connectivity index (χ3v) is 3.70. The molecule has 6 nitrogen and oxygen atoms in total. The van der Waals surface area contributed by atoms with Gasteiger partial charge in [-0.05, 0) is 12.5 Å². The molecule has 1 fully saturated rings. The zero-order valence-corrected chi connectivity index (χ0v) is 11.1. The minimum Gasteiger partial charge on any atom is -0.381 e. The normalized spacial score (nSPS) is 18.9. The SMILES string of the molecule is Cn1nc(-c2nc(C3CCOC3)no2)c2ccccc21. The Morgan fingerprint density at radius 2 is 2.20 bits per heavy atom. The van der Waals surface area contributed by atoms with Gasteiger partial charge in [0.15, 0.2) is 11.5 Å². The van der Waals surface area contributed by atoms with Gasteiger partial charge in [0.25, 0.3) is 5.89 Å². The Balaban J connectivity index is 1.79. The van der Waals surface area contributed by atoms with Gasteiger partial charge in [0.2, 0.25) is 0 Å². The van der Waals surface area contributed by atoms with Gasteiger partial charge < -0.3 is 9.26 Å². The van der Waals surface area contributed by atoms with Gasteiger partial charge in [0.1, 0.15) is 0 Å². The maximum atomic E-state index is 5.39. The van der Waals surface area contributed by atoms with Crippen LogP contribution in [0.4, 0.5) is 0 Å². The Hall–Kier alpha value is -2.21. The lowest BCUT2D eigenvalue weighted by Crippen LogP contribution is -1.99. The summed E-state index contributed by atoms with van der Waals surface area (Å²) in [5, 5.41) is 9.59. The summed E-state index contributed by atoms with van der Waals surface area (Å²) < 4.78 is 12.6. The van der Waals surface area contributed by atoms with E-state index in [1.807, 2.05) is 36.0 Å². The summed E-state index contributed by atoms with van der Waals surface area (Å²) in [5.74, 6) is 1.43. The fourth-order valence-corrected chi connectivity index (χ4v) is 2.61. The lowest BCUT2D eigenvalue weighted by atomic mass is 10.1. The molecule has 0 N–H and O–H groups in total. The van der Waals surface area contributed by atoms with E-state index in [2.05, 4.69) is 15.2 Å². The van der Waals surface area contributed by atoms with E-state index in [1.54, 1.807) is 0 Å². The molecule has 2 aromatic heterocycles. The first-order valence-corrected chi connectivity index (χ1v) is 6.66. The molecule has 4 rings (SSSR count). The molecular formula is C14H14N4O2. The van der Waals surface area contributed by atoms with Gasteiger partial charge in [-0.2, -0.15) is 10.1 Å². The van der Waals surface area contributed by atoms with E-state index >= 15 is 0 Å². The highest BCUT2D eigenvalue weighted by molar-refractivity contribution is 5.91. The smallest absolute Gasteiger partial charge is 0.279 e. The van der Waals surface area contributed by atoms with Gasteiger partial charge >= 0.3 is 0 Å². The average Bonchev–Trinajstić information content (AvgIpc) is 3.17. The molecule has 3 aromatic rings. The van der Waals surface area contributed by atoms with E-state index in [4.69, 9.17) is 9.26 Å². The Morgan fingerprint density at radius 3 is 3.05 bits per heavy atom. The van der Waals surface area contributed by atoms with Crippen molar-refractivity contribution >= 4 is 10.9 Å². The van der Waals surface area contributed by atoms with E-state index in [1.165, 1.54) is 0 Å². The summed E-state index contributed by atoms with van der Waals surface area (Å²) in [6, 6.07) is 8.01. The van der Waals surface area contributed by atoms with E-state index in [-0.39, 0.29) is 5.92 Å². The van der Waals surface area contributed by atoms with E-state index < -0.39 is 0 Å². The predicted octanol–water partition coefficient (Wildman–Crippen LogP) is 2.13. The first-order valence-electron chi connectivity index (χ1n) is 6.66. The zero-order chi connectivity index (χ0) is 13.5. The summed E-state index contributed by atoms with van der Waals surface area (Å²) in [5.41, 5.74) is 1.78. The lowest BCUT2D eigenvalue weighted by Gasteiger charge is -1.97. The minimum atomic E-state index is 0.238. The van der Waals surface area contributed by atoms with Gasteiger partial charge in [0.05, 0.1) is 12.1 Å². The molecule has 1 unspecified atom stereocenters. The molecule has 6 heteroatoms. The standard InChI is InChI=1S/C14H14N4O2/c1-18-11-5-3-2-4-10(11)12(16-18)14-15-13(17-20-14)9-6-7-19-8-9/h2-5,9H,6-8H2,1H3. The number of rotatable bonds is 2. The maximum Gasteiger partial charge on any atom is 0.279 e. The van der Waals surface area contributed by atoms with Gasteiger partial charge in [-0.3, -0.25) is 4.68 Å². The second-order valence-corrected chi connectivity index (χ2v) is 5.01. The van der Waals surface area contributed by atoms with Crippen LogP contribution in [-0.4, -0.2) is 33.1 Å². The molecule has 0 spiro atoms. The molecule has 0 amide bonds. The molecule has 3 heterocycles. The van der Waals surface area contributed by atoms with Crippen LogP contribution in [0.2, 0.25) is 0 Å². The molecule has 102 valence electrons. The van der Waals surface area contributed by atoms with Crippen LogP contribution in [0.25, 0.3) is 22.5 Å². The summed E-state index contributed by atoms with van der Waals surface area (Å²) in [4.78, 5) is 4.49. The molecule has 0 radical (unpaired) electrons. The summed E-state index contributed by atoms with van der Waals surface area (Å²) >= 11 is 0. The largest absolute Gasteiger partial charge is 0.381 e. The van der Waals surface area contributed by atoms with Crippen molar-refractivity contribution in [3.8, 4) is 11.6 Å². The van der Waals surface area contributed by atoms with Crippen molar-refractivity contribution in [1.29, 1.82) is 0 Å². The second kappa shape index (κ2) is 4.42. The Bertz CT molecular complexity index is 755. The molecule has 1 saturated heterocycles. The number of nitrogens with zero attached hydrogens (tertiary/aromatic N) is 4. The third-order valence-electron chi connectivity index (χ3n) is 3.70. The van der Waals surface area contributed by atoms with Crippen molar-refractivity contribution in [2.45, 2.75) is 12.3 Å². The second-order valence-electron chi connectivity index (χ2n) is 5.01. The highest BCUT2D eigenvalue weighted by atomic mass is 16.5. The van der Waals surface area contributed by atoms with Crippen molar-refractivity contribution in [3.63, 3.8) is 0 Å². The molecule has 0 saturated carbocycles. The number of aromatic nitrogens is 4. The Labute approximate surface area is 115 Å². The van der Waals surface area contributed by atoms with E-state index in [9.17, 15) is 0 Å². The van der Waals surface area contributed by atoms with Crippen LogP contribution in [-0.2, 0) is 11.8 Å². The van der Waals surface area contributed by atoms with Crippen LogP contribution in [0.5, 0.6) is 0 Å².